The number of hydrogen-bond donors (Lipinski definition) is 1. The minimum Gasteiger partial charge on any atom is -0.356 e. The number of anilines is 2. The molecule has 0 spiro atoms. The van der Waals surface area contributed by atoms with Gasteiger partial charge in [0.1, 0.15) is 5.82 Å². The molecule has 1 aliphatic rings. The normalized spacial score (nSPS) is 14.4. The standard InChI is InChI=1S/C24H25ClN4OS/c25-20-7-4-8-21(16-20)27-23(30)17-31-24-26-12-9-22(28-24)29-13-10-19(11-14-29)15-18-5-2-1-3-6-18/h1-9,12,16,19H,10-11,13-15,17H2,(H,27,30). The molecule has 1 N–H and O–H groups in total. The number of rotatable bonds is 7. The number of aromatic nitrogens is 2. The van der Waals surface area contributed by atoms with Crippen molar-refractivity contribution in [3.8, 4) is 0 Å². The zero-order valence-electron chi connectivity index (χ0n) is 17.2. The highest BCUT2D eigenvalue weighted by Gasteiger charge is 2.21. The molecule has 0 radical (unpaired) electrons. The summed E-state index contributed by atoms with van der Waals surface area (Å²) in [6, 6.07) is 19.8. The summed E-state index contributed by atoms with van der Waals surface area (Å²) in [6.45, 7) is 1.99. The number of thioether (sulfide) groups is 1. The van der Waals surface area contributed by atoms with Crippen LogP contribution in [0, 0.1) is 5.92 Å². The quantitative estimate of drug-likeness (QED) is 0.388. The summed E-state index contributed by atoms with van der Waals surface area (Å²) in [5, 5.41) is 4.05. The highest BCUT2D eigenvalue weighted by Crippen LogP contribution is 2.26. The van der Waals surface area contributed by atoms with Crippen LogP contribution < -0.4 is 10.2 Å². The van der Waals surface area contributed by atoms with Crippen LogP contribution in [0.5, 0.6) is 0 Å². The SMILES string of the molecule is O=C(CSc1nccc(N2CCC(Cc3ccccc3)CC2)n1)Nc1cccc(Cl)c1. The maximum Gasteiger partial charge on any atom is 0.234 e. The van der Waals surface area contributed by atoms with Gasteiger partial charge in [0.25, 0.3) is 0 Å². The molecule has 1 aliphatic heterocycles. The van der Waals surface area contributed by atoms with Gasteiger partial charge < -0.3 is 10.2 Å². The molecule has 0 bridgehead atoms. The molecule has 4 rings (SSSR count). The van der Waals surface area contributed by atoms with Gasteiger partial charge in [-0.05, 0) is 55.0 Å². The van der Waals surface area contributed by atoms with Crippen LogP contribution in [0.3, 0.4) is 0 Å². The van der Waals surface area contributed by atoms with E-state index in [-0.39, 0.29) is 11.7 Å². The lowest BCUT2D eigenvalue weighted by Gasteiger charge is -2.33. The molecule has 160 valence electrons. The number of halogens is 1. The fraction of sp³-hybridized carbons (Fsp3) is 0.292. The summed E-state index contributed by atoms with van der Waals surface area (Å²) < 4.78 is 0. The van der Waals surface area contributed by atoms with E-state index in [1.54, 1.807) is 24.4 Å². The lowest BCUT2D eigenvalue weighted by Crippen LogP contribution is -2.35. The Morgan fingerprint density at radius 1 is 1.10 bits per heavy atom. The first kappa shape index (κ1) is 21.7. The molecule has 3 aromatic rings. The largest absolute Gasteiger partial charge is 0.356 e. The maximum absolute atomic E-state index is 12.2. The van der Waals surface area contributed by atoms with E-state index in [1.165, 1.54) is 17.3 Å². The topological polar surface area (TPSA) is 58.1 Å². The van der Waals surface area contributed by atoms with Crippen molar-refractivity contribution in [1.82, 2.24) is 9.97 Å². The molecule has 31 heavy (non-hydrogen) atoms. The molecule has 2 aromatic carbocycles. The molecule has 0 atom stereocenters. The van der Waals surface area contributed by atoms with Crippen molar-refractivity contribution in [2.45, 2.75) is 24.4 Å². The molecular weight excluding hydrogens is 428 g/mol. The van der Waals surface area contributed by atoms with Gasteiger partial charge in [0.05, 0.1) is 5.75 Å². The number of carbonyl (C=O) groups excluding carboxylic acids is 1. The first-order valence-corrected chi connectivity index (χ1v) is 11.8. The van der Waals surface area contributed by atoms with Crippen molar-refractivity contribution < 1.29 is 4.79 Å². The Bertz CT molecular complexity index is 1010. The number of nitrogens with zero attached hydrogens (tertiary/aromatic N) is 3. The fourth-order valence-corrected chi connectivity index (χ4v) is 4.60. The first-order valence-electron chi connectivity index (χ1n) is 10.5. The van der Waals surface area contributed by atoms with Crippen molar-refractivity contribution in [3.05, 3.63) is 77.4 Å². The van der Waals surface area contributed by atoms with Crippen LogP contribution in [0.4, 0.5) is 11.5 Å². The Labute approximate surface area is 192 Å². The molecule has 2 heterocycles. The second kappa shape index (κ2) is 10.6. The Morgan fingerprint density at radius 3 is 2.68 bits per heavy atom. The maximum atomic E-state index is 12.2. The third kappa shape index (κ3) is 6.45. The van der Waals surface area contributed by atoms with Gasteiger partial charge >= 0.3 is 0 Å². The van der Waals surface area contributed by atoms with Crippen molar-refractivity contribution in [1.29, 1.82) is 0 Å². The van der Waals surface area contributed by atoms with Crippen molar-refractivity contribution in [3.63, 3.8) is 0 Å². The molecule has 7 heteroatoms. The van der Waals surface area contributed by atoms with Crippen LogP contribution in [-0.2, 0) is 11.2 Å². The predicted octanol–water partition coefficient (Wildman–Crippen LogP) is 5.32. The van der Waals surface area contributed by atoms with Crippen molar-refractivity contribution >= 4 is 40.8 Å². The number of nitrogens with one attached hydrogen (secondary N) is 1. The molecule has 0 unspecified atom stereocenters. The van der Waals surface area contributed by atoms with Crippen LogP contribution >= 0.6 is 23.4 Å². The van der Waals surface area contributed by atoms with Gasteiger partial charge in [0.15, 0.2) is 5.16 Å². The van der Waals surface area contributed by atoms with Crippen LogP contribution in [0.15, 0.2) is 72.0 Å². The monoisotopic (exact) mass is 452 g/mol. The van der Waals surface area contributed by atoms with Crippen LogP contribution in [0.25, 0.3) is 0 Å². The zero-order chi connectivity index (χ0) is 21.5. The van der Waals surface area contributed by atoms with E-state index in [0.717, 1.165) is 38.2 Å². The number of amides is 1. The summed E-state index contributed by atoms with van der Waals surface area (Å²) in [5.74, 6) is 1.79. The fourth-order valence-electron chi connectivity index (χ4n) is 3.78. The Hall–Kier alpha value is -2.57. The molecule has 1 aromatic heterocycles. The van der Waals surface area contributed by atoms with Gasteiger partial charge in [0, 0.05) is 30.0 Å². The molecule has 1 fully saturated rings. The third-order valence-corrected chi connectivity index (χ3v) is 6.46. The van der Waals surface area contributed by atoms with E-state index in [4.69, 9.17) is 11.6 Å². The van der Waals surface area contributed by atoms with E-state index < -0.39 is 0 Å². The van der Waals surface area contributed by atoms with E-state index in [0.29, 0.717) is 21.8 Å². The zero-order valence-corrected chi connectivity index (χ0v) is 18.8. The van der Waals surface area contributed by atoms with E-state index >= 15 is 0 Å². The van der Waals surface area contributed by atoms with Crippen LogP contribution in [0.2, 0.25) is 5.02 Å². The minimum atomic E-state index is -0.108. The van der Waals surface area contributed by atoms with Gasteiger partial charge in [-0.15, -0.1) is 0 Å². The number of carbonyl (C=O) groups is 1. The molecule has 1 amide bonds. The smallest absolute Gasteiger partial charge is 0.234 e. The van der Waals surface area contributed by atoms with Gasteiger partial charge in [-0.2, -0.15) is 0 Å². The van der Waals surface area contributed by atoms with Gasteiger partial charge in [-0.3, -0.25) is 4.79 Å². The molecule has 5 nitrogen and oxygen atoms in total. The lowest BCUT2D eigenvalue weighted by molar-refractivity contribution is -0.113. The number of benzene rings is 2. The molecule has 1 saturated heterocycles. The van der Waals surface area contributed by atoms with Crippen molar-refractivity contribution in [2.24, 2.45) is 5.92 Å². The molecule has 0 aliphatic carbocycles. The van der Waals surface area contributed by atoms with E-state index in [1.807, 2.05) is 12.1 Å². The predicted molar refractivity (Wildman–Crippen MR) is 128 cm³/mol. The Morgan fingerprint density at radius 2 is 1.90 bits per heavy atom. The molecular formula is C24H25ClN4OS. The van der Waals surface area contributed by atoms with Crippen LogP contribution in [-0.4, -0.2) is 34.7 Å². The minimum absolute atomic E-state index is 0.108. The number of piperidine rings is 1. The average molecular weight is 453 g/mol. The second-order valence-corrected chi connectivity index (χ2v) is 9.04. The molecule has 0 saturated carbocycles. The summed E-state index contributed by atoms with van der Waals surface area (Å²) in [7, 11) is 0. The summed E-state index contributed by atoms with van der Waals surface area (Å²) >= 11 is 7.30. The summed E-state index contributed by atoms with van der Waals surface area (Å²) in [6.07, 6.45) is 5.23. The highest BCUT2D eigenvalue weighted by atomic mass is 35.5. The third-order valence-electron chi connectivity index (χ3n) is 5.37. The van der Waals surface area contributed by atoms with Crippen LogP contribution in [0.1, 0.15) is 18.4 Å². The van der Waals surface area contributed by atoms with Gasteiger partial charge in [0.2, 0.25) is 5.91 Å². The second-order valence-electron chi connectivity index (χ2n) is 7.66. The lowest BCUT2D eigenvalue weighted by atomic mass is 9.90. The van der Waals surface area contributed by atoms with E-state index in [9.17, 15) is 4.79 Å². The summed E-state index contributed by atoms with van der Waals surface area (Å²) in [5.41, 5.74) is 2.10. The first-order chi connectivity index (χ1) is 15.2. The Kier molecular flexibility index (Phi) is 7.43. The van der Waals surface area contributed by atoms with E-state index in [2.05, 4.69) is 50.5 Å². The van der Waals surface area contributed by atoms with Gasteiger partial charge in [-0.1, -0.05) is 59.8 Å². The highest BCUT2D eigenvalue weighted by molar-refractivity contribution is 7.99. The Balaban J connectivity index is 1.27. The average Bonchev–Trinajstić information content (AvgIpc) is 2.79. The van der Waals surface area contributed by atoms with Gasteiger partial charge in [-0.25, -0.2) is 9.97 Å². The summed E-state index contributed by atoms with van der Waals surface area (Å²) in [4.78, 5) is 23.5. The number of hydrogen-bond acceptors (Lipinski definition) is 5. The van der Waals surface area contributed by atoms with Crippen molar-refractivity contribution in [2.75, 3.05) is 29.1 Å².